The maximum absolute atomic E-state index is 11.4. The Kier molecular flexibility index (Phi) is 6.47. The van der Waals surface area contributed by atoms with Gasteiger partial charge in [0.25, 0.3) is 0 Å². The van der Waals surface area contributed by atoms with Crippen LogP contribution in [-0.2, 0) is 13.0 Å². The van der Waals surface area contributed by atoms with E-state index in [-0.39, 0.29) is 11.3 Å². The number of nitrogens with zero attached hydrogens (tertiary/aromatic N) is 3. The minimum absolute atomic E-state index is 0.217. The Balaban J connectivity index is 2.17. The third-order valence-corrected chi connectivity index (χ3v) is 5.61. The first-order valence-electron chi connectivity index (χ1n) is 8.25. The van der Waals surface area contributed by atoms with E-state index in [0.717, 1.165) is 12.0 Å². The van der Waals surface area contributed by atoms with Gasteiger partial charge in [-0.2, -0.15) is 5.10 Å². The van der Waals surface area contributed by atoms with E-state index in [1.807, 2.05) is 32.9 Å². The van der Waals surface area contributed by atoms with E-state index in [1.165, 1.54) is 6.33 Å². The number of rotatable bonds is 6. The molecule has 0 radical (unpaired) electrons. The van der Waals surface area contributed by atoms with Gasteiger partial charge in [0.2, 0.25) is 0 Å². The van der Waals surface area contributed by atoms with Crippen LogP contribution in [0.5, 0.6) is 0 Å². The van der Waals surface area contributed by atoms with Crippen molar-refractivity contribution in [1.29, 1.82) is 0 Å². The molecule has 4 nitrogen and oxygen atoms in total. The molecule has 0 aliphatic heterocycles. The molecule has 1 heterocycles. The Labute approximate surface area is 165 Å². The van der Waals surface area contributed by atoms with Crippen LogP contribution in [0.1, 0.15) is 39.7 Å². The fraction of sp³-hybridized carbons (Fsp3) is 0.556. The Morgan fingerprint density at radius 1 is 1.28 bits per heavy atom. The van der Waals surface area contributed by atoms with Crippen LogP contribution in [0.25, 0.3) is 0 Å². The summed E-state index contributed by atoms with van der Waals surface area (Å²) in [6.45, 7) is 8.55. The van der Waals surface area contributed by atoms with Gasteiger partial charge in [0, 0.05) is 10.0 Å². The summed E-state index contributed by atoms with van der Waals surface area (Å²) in [5, 5.41) is 17.4. The van der Waals surface area contributed by atoms with Gasteiger partial charge in [0.1, 0.15) is 6.33 Å². The van der Waals surface area contributed by atoms with Crippen molar-refractivity contribution < 1.29 is 5.11 Å². The summed E-state index contributed by atoms with van der Waals surface area (Å²) in [4.78, 5) is 4.02. The predicted molar refractivity (Wildman–Crippen MR) is 106 cm³/mol. The lowest BCUT2D eigenvalue weighted by molar-refractivity contribution is -0.0906. The van der Waals surface area contributed by atoms with Crippen molar-refractivity contribution in [3.05, 3.63) is 40.1 Å². The molecular weight excluding hydrogens is 377 g/mol. The number of hydrogen-bond acceptors (Lipinski definition) is 4. The molecule has 0 amide bonds. The number of benzene rings is 1. The first-order valence-corrected chi connectivity index (χ1v) is 9.45. The third-order valence-electron chi connectivity index (χ3n) is 4.67. The normalized spacial score (nSPS) is 15.8. The van der Waals surface area contributed by atoms with E-state index in [1.54, 1.807) is 10.7 Å². The molecule has 2 rings (SSSR count). The largest absolute Gasteiger partial charge is 0.387 e. The van der Waals surface area contributed by atoms with Crippen molar-refractivity contribution >= 4 is 35.8 Å². The van der Waals surface area contributed by atoms with E-state index in [9.17, 15) is 5.11 Å². The van der Waals surface area contributed by atoms with Gasteiger partial charge in [0.05, 0.1) is 12.1 Å². The van der Waals surface area contributed by atoms with Crippen molar-refractivity contribution in [2.24, 2.45) is 11.3 Å². The molecule has 2 unspecified atom stereocenters. The lowest BCUT2D eigenvalue weighted by Gasteiger charge is -2.42. The molecule has 0 aliphatic rings. The molecule has 0 saturated heterocycles. The van der Waals surface area contributed by atoms with Crippen LogP contribution in [0.3, 0.4) is 0 Å². The highest BCUT2D eigenvalue weighted by molar-refractivity contribution is 7.80. The third kappa shape index (κ3) is 5.13. The van der Waals surface area contributed by atoms with Gasteiger partial charge in [0.15, 0.2) is 5.16 Å². The molecule has 0 spiro atoms. The molecule has 2 aromatic rings. The molecule has 0 bridgehead atoms. The maximum Gasteiger partial charge on any atom is 0.183 e. The molecular formula is C18H25Cl2N3OS. The van der Waals surface area contributed by atoms with Crippen molar-refractivity contribution in [1.82, 2.24) is 14.8 Å². The van der Waals surface area contributed by atoms with E-state index >= 15 is 0 Å². The monoisotopic (exact) mass is 401 g/mol. The van der Waals surface area contributed by atoms with E-state index in [2.05, 4.69) is 29.6 Å². The number of aliphatic hydroxyl groups is 1. The zero-order chi connectivity index (χ0) is 18.8. The molecule has 0 fully saturated rings. The lowest BCUT2D eigenvalue weighted by Crippen LogP contribution is -2.48. The first-order chi connectivity index (χ1) is 11.5. The summed E-state index contributed by atoms with van der Waals surface area (Å²) >= 11 is 16.6. The van der Waals surface area contributed by atoms with E-state index in [4.69, 9.17) is 23.2 Å². The number of aromatic nitrogens is 3. The molecule has 0 aliphatic carbocycles. The Hall–Kier alpha value is -0.750. The van der Waals surface area contributed by atoms with Crippen LogP contribution in [0.15, 0.2) is 29.7 Å². The fourth-order valence-corrected chi connectivity index (χ4v) is 3.60. The smallest absolute Gasteiger partial charge is 0.183 e. The molecule has 25 heavy (non-hydrogen) atoms. The molecule has 2 atom stereocenters. The second-order valence-electron chi connectivity index (χ2n) is 7.75. The Morgan fingerprint density at radius 3 is 2.48 bits per heavy atom. The van der Waals surface area contributed by atoms with Gasteiger partial charge in [-0.15, -0.1) is 12.6 Å². The molecule has 0 saturated carbocycles. The predicted octanol–water partition coefficient (Wildman–Crippen LogP) is 4.92. The average molecular weight is 402 g/mol. The van der Waals surface area contributed by atoms with E-state index < -0.39 is 5.60 Å². The second-order valence-corrected chi connectivity index (χ2v) is 8.99. The first kappa shape index (κ1) is 20.6. The van der Waals surface area contributed by atoms with Gasteiger partial charge < -0.3 is 5.11 Å². The highest BCUT2D eigenvalue weighted by Gasteiger charge is 2.42. The van der Waals surface area contributed by atoms with Gasteiger partial charge in [-0.3, -0.25) is 0 Å². The molecule has 1 aromatic heterocycles. The van der Waals surface area contributed by atoms with Crippen LogP contribution >= 0.6 is 35.8 Å². The number of halogens is 2. The number of hydrogen-bond donors (Lipinski definition) is 2. The Bertz CT molecular complexity index is 729. The van der Waals surface area contributed by atoms with Crippen molar-refractivity contribution in [3.8, 4) is 0 Å². The quantitative estimate of drug-likeness (QED) is 0.675. The van der Waals surface area contributed by atoms with Crippen molar-refractivity contribution in [3.63, 3.8) is 0 Å². The van der Waals surface area contributed by atoms with E-state index in [0.29, 0.717) is 28.2 Å². The summed E-state index contributed by atoms with van der Waals surface area (Å²) < 4.78 is 1.64. The highest BCUT2D eigenvalue weighted by Crippen LogP contribution is 2.38. The molecule has 1 aromatic carbocycles. The van der Waals surface area contributed by atoms with Crippen LogP contribution in [0.2, 0.25) is 10.0 Å². The Morgan fingerprint density at radius 2 is 1.96 bits per heavy atom. The fourth-order valence-electron chi connectivity index (χ4n) is 2.94. The minimum Gasteiger partial charge on any atom is -0.387 e. The zero-order valence-corrected chi connectivity index (χ0v) is 17.4. The second kappa shape index (κ2) is 7.87. The minimum atomic E-state index is -0.962. The summed E-state index contributed by atoms with van der Waals surface area (Å²) in [5.41, 5.74) is -0.265. The van der Waals surface area contributed by atoms with Crippen molar-refractivity contribution in [2.75, 3.05) is 0 Å². The topological polar surface area (TPSA) is 50.9 Å². The average Bonchev–Trinajstić information content (AvgIpc) is 2.86. The van der Waals surface area contributed by atoms with Crippen LogP contribution < -0.4 is 0 Å². The molecule has 7 heteroatoms. The number of thiol groups is 1. The summed E-state index contributed by atoms with van der Waals surface area (Å²) in [6, 6.07) is 5.54. The molecule has 138 valence electrons. The zero-order valence-electron chi connectivity index (χ0n) is 15.0. The van der Waals surface area contributed by atoms with Gasteiger partial charge in [-0.25, -0.2) is 9.67 Å². The summed E-state index contributed by atoms with van der Waals surface area (Å²) in [5.74, 6) is 0.217. The highest BCUT2D eigenvalue weighted by atomic mass is 35.5. The SMILES string of the molecule is CC(Cc1ccc(Cl)cc1Cl)CC(O)(Cn1ncnc1S)C(C)(C)C. The van der Waals surface area contributed by atoms with Crippen LogP contribution in [0.4, 0.5) is 0 Å². The van der Waals surface area contributed by atoms with Gasteiger partial charge in [-0.1, -0.05) is 57.0 Å². The van der Waals surface area contributed by atoms with Crippen molar-refractivity contribution in [2.45, 2.75) is 57.8 Å². The summed E-state index contributed by atoms with van der Waals surface area (Å²) in [6.07, 6.45) is 2.81. The van der Waals surface area contributed by atoms with Crippen LogP contribution in [0, 0.1) is 11.3 Å². The lowest BCUT2D eigenvalue weighted by atomic mass is 9.71. The van der Waals surface area contributed by atoms with Gasteiger partial charge >= 0.3 is 0 Å². The molecule has 1 N–H and O–H groups in total. The summed E-state index contributed by atoms with van der Waals surface area (Å²) in [7, 11) is 0. The van der Waals surface area contributed by atoms with Crippen LogP contribution in [-0.4, -0.2) is 25.5 Å². The standard InChI is InChI=1S/C18H25Cl2N3OS/c1-12(7-13-5-6-14(19)8-15(13)20)9-18(24,17(2,3)4)10-23-16(25)21-11-22-23/h5-6,8,11-12,24H,7,9-10H2,1-4H3,(H,21,22,25). The van der Waals surface area contributed by atoms with Gasteiger partial charge in [-0.05, 0) is 41.9 Å². The maximum atomic E-state index is 11.4.